The Hall–Kier alpha value is -2.89. The average molecular weight is 430 g/mol. The number of aryl methyl sites for hydroxylation is 1. The minimum atomic E-state index is 0.0801. The summed E-state index contributed by atoms with van der Waals surface area (Å²) < 4.78 is 11.9. The van der Waals surface area contributed by atoms with Gasteiger partial charge in [-0.1, -0.05) is 30.3 Å². The van der Waals surface area contributed by atoms with E-state index in [1.807, 2.05) is 30.5 Å². The van der Waals surface area contributed by atoms with Gasteiger partial charge in [0.2, 0.25) is 0 Å². The van der Waals surface area contributed by atoms with Gasteiger partial charge >= 0.3 is 0 Å². The zero-order valence-corrected chi connectivity index (χ0v) is 18.8. The third kappa shape index (κ3) is 4.10. The van der Waals surface area contributed by atoms with Gasteiger partial charge in [0.15, 0.2) is 11.5 Å². The molecule has 0 unspecified atom stereocenters. The van der Waals surface area contributed by atoms with Crippen LogP contribution in [0.25, 0.3) is 0 Å². The predicted octanol–water partition coefficient (Wildman–Crippen LogP) is 4.39. The van der Waals surface area contributed by atoms with Crippen LogP contribution in [0, 0.1) is 6.92 Å². The summed E-state index contributed by atoms with van der Waals surface area (Å²) in [7, 11) is 1.71. The lowest BCUT2D eigenvalue weighted by molar-refractivity contribution is 0.108. The number of ether oxygens (including phenoxy) is 2. The molecule has 3 heterocycles. The molecule has 2 aromatic carbocycles. The molecule has 0 saturated carbocycles. The minimum absolute atomic E-state index is 0.0801. The van der Waals surface area contributed by atoms with E-state index in [1.165, 1.54) is 16.7 Å². The summed E-state index contributed by atoms with van der Waals surface area (Å²) in [5.41, 5.74) is 12.9. The summed E-state index contributed by atoms with van der Waals surface area (Å²) in [6, 6.07) is 19.2. The molecule has 0 radical (unpaired) electrons. The first kappa shape index (κ1) is 21.0. The average Bonchev–Trinajstić information content (AvgIpc) is 2.82. The van der Waals surface area contributed by atoms with Crippen LogP contribution in [0.4, 0.5) is 0 Å². The van der Waals surface area contributed by atoms with Crippen molar-refractivity contribution in [3.63, 3.8) is 0 Å². The highest BCUT2D eigenvalue weighted by Crippen LogP contribution is 2.44. The summed E-state index contributed by atoms with van der Waals surface area (Å²) in [4.78, 5) is 7.21. The fraction of sp³-hybridized carbons (Fsp3) is 0.370. The van der Waals surface area contributed by atoms with Crippen LogP contribution in [0.1, 0.15) is 46.3 Å². The molecule has 1 saturated heterocycles. The maximum atomic E-state index is 6.72. The molecule has 0 spiro atoms. The first-order valence-corrected chi connectivity index (χ1v) is 11.4. The van der Waals surface area contributed by atoms with Crippen molar-refractivity contribution in [1.82, 2.24) is 9.88 Å². The van der Waals surface area contributed by atoms with E-state index in [0.29, 0.717) is 12.6 Å². The Bertz CT molecular complexity index is 1090. The molecule has 1 fully saturated rings. The highest BCUT2D eigenvalue weighted by molar-refractivity contribution is 5.50. The van der Waals surface area contributed by atoms with Gasteiger partial charge in [0.05, 0.1) is 7.11 Å². The van der Waals surface area contributed by atoms with Gasteiger partial charge in [0.25, 0.3) is 0 Å². The standard InChI is InChI=1S/C27H31N3O2/c1-18-8-10-29-24(12-18)22-16-30-11-9-20-13-27(32-17-19-6-4-3-5-7-19)26(31-2)14-21(20)25(30)15-23(22)28/h3-8,10,12-14,22-23,25H,9,11,15-17,28H2,1-2H3/t22-,23-,25-/m1/s1. The van der Waals surface area contributed by atoms with Crippen LogP contribution in [-0.4, -0.2) is 36.1 Å². The van der Waals surface area contributed by atoms with E-state index < -0.39 is 0 Å². The Balaban J connectivity index is 1.38. The molecular formula is C27H31N3O2. The molecule has 3 atom stereocenters. The maximum Gasteiger partial charge on any atom is 0.161 e. The molecule has 2 aliphatic rings. The normalized spacial score (nSPS) is 22.7. The largest absolute Gasteiger partial charge is 0.493 e. The van der Waals surface area contributed by atoms with E-state index in [9.17, 15) is 0 Å². The molecule has 166 valence electrons. The number of hydrogen-bond acceptors (Lipinski definition) is 5. The fourth-order valence-corrected chi connectivity index (χ4v) is 5.15. The van der Waals surface area contributed by atoms with Crippen LogP contribution in [0.5, 0.6) is 11.5 Å². The molecule has 0 amide bonds. The molecule has 2 N–H and O–H groups in total. The lowest BCUT2D eigenvalue weighted by Crippen LogP contribution is -2.50. The highest BCUT2D eigenvalue weighted by Gasteiger charge is 2.39. The second kappa shape index (κ2) is 8.93. The number of pyridine rings is 1. The number of aromatic nitrogens is 1. The van der Waals surface area contributed by atoms with Gasteiger partial charge in [-0.2, -0.15) is 0 Å². The van der Waals surface area contributed by atoms with Crippen molar-refractivity contribution in [1.29, 1.82) is 0 Å². The zero-order chi connectivity index (χ0) is 22.1. The SMILES string of the molecule is COc1cc2c(cc1OCc1ccccc1)CCN1C[C@@H](c3cc(C)ccn3)[C@H](N)C[C@H]21. The first-order valence-electron chi connectivity index (χ1n) is 11.4. The molecule has 5 heteroatoms. The van der Waals surface area contributed by atoms with Crippen molar-refractivity contribution >= 4 is 0 Å². The zero-order valence-electron chi connectivity index (χ0n) is 18.8. The van der Waals surface area contributed by atoms with Gasteiger partial charge < -0.3 is 15.2 Å². The van der Waals surface area contributed by atoms with Gasteiger partial charge in [-0.3, -0.25) is 9.88 Å². The number of piperidine rings is 1. The van der Waals surface area contributed by atoms with Crippen molar-refractivity contribution in [2.24, 2.45) is 5.73 Å². The summed E-state index contributed by atoms with van der Waals surface area (Å²) in [6.45, 7) is 4.61. The van der Waals surface area contributed by atoms with Gasteiger partial charge in [0.1, 0.15) is 6.61 Å². The molecule has 0 aliphatic carbocycles. The van der Waals surface area contributed by atoms with E-state index in [4.69, 9.17) is 15.2 Å². The second-order valence-corrected chi connectivity index (χ2v) is 9.00. The van der Waals surface area contributed by atoms with Crippen LogP contribution >= 0.6 is 0 Å². The van der Waals surface area contributed by atoms with Gasteiger partial charge in [-0.25, -0.2) is 0 Å². The number of nitrogens with zero attached hydrogens (tertiary/aromatic N) is 2. The van der Waals surface area contributed by atoms with Gasteiger partial charge in [0, 0.05) is 43.0 Å². The second-order valence-electron chi connectivity index (χ2n) is 9.00. The van der Waals surface area contributed by atoms with Crippen molar-refractivity contribution in [3.05, 3.63) is 88.7 Å². The maximum absolute atomic E-state index is 6.72. The van der Waals surface area contributed by atoms with Crippen LogP contribution in [-0.2, 0) is 13.0 Å². The summed E-state index contributed by atoms with van der Waals surface area (Å²) in [5.74, 6) is 1.87. The number of benzene rings is 2. The number of nitrogens with two attached hydrogens (primary N) is 1. The Morgan fingerprint density at radius 3 is 2.72 bits per heavy atom. The Morgan fingerprint density at radius 1 is 1.09 bits per heavy atom. The predicted molar refractivity (Wildman–Crippen MR) is 126 cm³/mol. The number of methoxy groups -OCH3 is 1. The van der Waals surface area contributed by atoms with E-state index in [1.54, 1.807) is 7.11 Å². The van der Waals surface area contributed by atoms with E-state index in [0.717, 1.165) is 48.7 Å². The van der Waals surface area contributed by atoms with Crippen molar-refractivity contribution in [3.8, 4) is 11.5 Å². The minimum Gasteiger partial charge on any atom is -0.493 e. The molecule has 32 heavy (non-hydrogen) atoms. The Labute approximate surface area is 190 Å². The van der Waals surface area contributed by atoms with Crippen molar-refractivity contribution in [2.75, 3.05) is 20.2 Å². The molecule has 5 nitrogen and oxygen atoms in total. The van der Waals surface area contributed by atoms with Crippen molar-refractivity contribution in [2.45, 2.75) is 44.4 Å². The topological polar surface area (TPSA) is 60.6 Å². The van der Waals surface area contributed by atoms with E-state index in [2.05, 4.69) is 47.1 Å². The fourth-order valence-electron chi connectivity index (χ4n) is 5.15. The van der Waals surface area contributed by atoms with Gasteiger partial charge in [-0.15, -0.1) is 0 Å². The van der Waals surface area contributed by atoms with Crippen molar-refractivity contribution < 1.29 is 9.47 Å². The molecule has 5 rings (SSSR count). The third-order valence-corrected chi connectivity index (χ3v) is 6.89. The van der Waals surface area contributed by atoms with Crippen LogP contribution < -0.4 is 15.2 Å². The first-order chi connectivity index (χ1) is 15.6. The monoisotopic (exact) mass is 429 g/mol. The molecule has 3 aromatic rings. The van der Waals surface area contributed by atoms with Crippen LogP contribution in [0.2, 0.25) is 0 Å². The molecule has 2 aliphatic heterocycles. The Morgan fingerprint density at radius 2 is 1.94 bits per heavy atom. The van der Waals surface area contributed by atoms with Gasteiger partial charge in [-0.05, 0) is 66.3 Å². The Kier molecular flexibility index (Phi) is 5.85. The quantitative estimate of drug-likeness (QED) is 0.652. The summed E-state index contributed by atoms with van der Waals surface area (Å²) in [6.07, 6.45) is 3.82. The number of fused-ring (bicyclic) bond motifs is 3. The third-order valence-electron chi connectivity index (χ3n) is 6.89. The van der Waals surface area contributed by atoms with E-state index in [-0.39, 0.29) is 12.0 Å². The lowest BCUT2D eigenvalue weighted by Gasteiger charge is -2.46. The number of rotatable bonds is 5. The molecule has 0 bridgehead atoms. The van der Waals surface area contributed by atoms with Crippen LogP contribution in [0.3, 0.4) is 0 Å². The van der Waals surface area contributed by atoms with E-state index >= 15 is 0 Å². The summed E-state index contributed by atoms with van der Waals surface area (Å²) in [5, 5.41) is 0. The molecular weight excluding hydrogens is 398 g/mol. The molecule has 1 aromatic heterocycles. The smallest absolute Gasteiger partial charge is 0.161 e. The highest BCUT2D eigenvalue weighted by atomic mass is 16.5. The lowest BCUT2D eigenvalue weighted by atomic mass is 9.79. The summed E-state index contributed by atoms with van der Waals surface area (Å²) >= 11 is 0. The number of hydrogen-bond donors (Lipinski definition) is 1. The van der Waals surface area contributed by atoms with Crippen LogP contribution in [0.15, 0.2) is 60.8 Å².